The van der Waals surface area contributed by atoms with Gasteiger partial charge in [-0.15, -0.1) is 0 Å². The molecular formula is C13H13ClN2Na2O4S. The van der Waals surface area contributed by atoms with E-state index in [1.807, 2.05) is 0 Å². The average Bonchev–Trinajstić information content (AvgIpc) is 2.46. The van der Waals surface area contributed by atoms with Crippen LogP contribution in [-0.2, 0) is 0 Å². The first-order valence-corrected chi connectivity index (χ1v) is 6.91. The van der Waals surface area contributed by atoms with Gasteiger partial charge in [0.25, 0.3) is 0 Å². The van der Waals surface area contributed by atoms with Gasteiger partial charge in [-0.3, -0.25) is 0 Å². The molecule has 1 aromatic carbocycles. The van der Waals surface area contributed by atoms with Crippen molar-refractivity contribution in [2.45, 2.75) is 10.1 Å². The topological polar surface area (TPSA) is 81.5 Å². The van der Waals surface area contributed by atoms with E-state index in [1.54, 1.807) is 12.1 Å². The molecular weight excluding hydrogens is 362 g/mol. The van der Waals surface area contributed by atoms with Gasteiger partial charge in [-0.25, -0.2) is 4.79 Å². The van der Waals surface area contributed by atoms with Crippen LogP contribution in [0.15, 0.2) is 34.3 Å². The number of carbonyl (C=O) groups is 1. The van der Waals surface area contributed by atoms with Crippen LogP contribution in [0.1, 0.15) is 10.4 Å². The molecule has 0 fully saturated rings. The summed E-state index contributed by atoms with van der Waals surface area (Å²) in [6.07, 6.45) is 0. The zero-order valence-corrected chi connectivity index (χ0v) is 12.7. The summed E-state index contributed by atoms with van der Waals surface area (Å²) < 4.78 is 10.1. The molecule has 2 aromatic rings. The minimum absolute atomic E-state index is 0. The summed E-state index contributed by atoms with van der Waals surface area (Å²) in [6, 6.07) is 6.34. The Labute approximate surface area is 186 Å². The molecule has 0 saturated carbocycles. The average molecular weight is 375 g/mol. The van der Waals surface area contributed by atoms with E-state index in [1.165, 1.54) is 26.4 Å². The molecule has 2 rings (SSSR count). The van der Waals surface area contributed by atoms with E-state index in [2.05, 4.69) is 9.97 Å². The molecule has 0 unspecified atom stereocenters. The number of aromatic nitrogens is 2. The van der Waals surface area contributed by atoms with Crippen LogP contribution in [0.25, 0.3) is 0 Å². The zero-order chi connectivity index (χ0) is 15.4. The molecule has 0 bridgehead atoms. The van der Waals surface area contributed by atoms with Gasteiger partial charge in [-0.1, -0.05) is 17.7 Å². The van der Waals surface area contributed by atoms with Crippen LogP contribution >= 0.6 is 23.4 Å². The second-order valence-corrected chi connectivity index (χ2v) is 5.17. The summed E-state index contributed by atoms with van der Waals surface area (Å²) in [4.78, 5) is 20.0. The molecule has 0 saturated heterocycles. The maximum absolute atomic E-state index is 11.3. The number of ether oxygens (including phenoxy) is 2. The van der Waals surface area contributed by atoms with Crippen molar-refractivity contribution in [2.75, 3.05) is 14.2 Å². The second-order valence-electron chi connectivity index (χ2n) is 3.76. The second kappa shape index (κ2) is 10.8. The molecule has 1 heterocycles. The van der Waals surface area contributed by atoms with Gasteiger partial charge in [0.15, 0.2) is 5.16 Å². The molecule has 1 N–H and O–H groups in total. The molecule has 0 radical (unpaired) electrons. The maximum atomic E-state index is 11.3. The Bertz CT molecular complexity index is 669. The van der Waals surface area contributed by atoms with E-state index in [-0.39, 0.29) is 69.7 Å². The number of rotatable bonds is 5. The van der Waals surface area contributed by atoms with Crippen LogP contribution < -0.4 is 9.47 Å². The van der Waals surface area contributed by atoms with Gasteiger partial charge in [-0.05, 0) is 23.9 Å². The van der Waals surface area contributed by atoms with Gasteiger partial charge in [-0.2, -0.15) is 9.97 Å². The molecule has 0 atom stereocenters. The fourth-order valence-corrected chi connectivity index (χ4v) is 2.76. The molecule has 114 valence electrons. The van der Waals surface area contributed by atoms with Gasteiger partial charge in [0.05, 0.1) is 30.9 Å². The van der Waals surface area contributed by atoms with Crippen LogP contribution in [0, 0.1) is 0 Å². The molecule has 0 aliphatic rings. The molecule has 23 heavy (non-hydrogen) atoms. The number of benzene rings is 1. The van der Waals surface area contributed by atoms with E-state index < -0.39 is 5.97 Å². The number of methoxy groups -OCH3 is 2. The quantitative estimate of drug-likeness (QED) is 0.630. The van der Waals surface area contributed by atoms with E-state index in [0.29, 0.717) is 21.8 Å². The molecule has 0 amide bonds. The SMILES string of the molecule is COc1cc(OC)nc(Sc2cccc(Cl)c2C(=O)O)n1.[NaH].[NaH]. The number of hydrogen-bond donors (Lipinski definition) is 1. The fourth-order valence-electron chi connectivity index (χ4n) is 1.53. The molecule has 6 nitrogen and oxygen atoms in total. The van der Waals surface area contributed by atoms with Gasteiger partial charge in [0.1, 0.15) is 0 Å². The molecule has 10 heteroatoms. The van der Waals surface area contributed by atoms with Crippen molar-refractivity contribution < 1.29 is 19.4 Å². The van der Waals surface area contributed by atoms with Crippen LogP contribution in [0.3, 0.4) is 0 Å². The minimum atomic E-state index is -1.11. The first-order valence-electron chi connectivity index (χ1n) is 5.72. The predicted molar refractivity (Wildman–Crippen MR) is 92.0 cm³/mol. The van der Waals surface area contributed by atoms with Gasteiger partial charge in [0.2, 0.25) is 11.8 Å². The number of hydrogen-bond acceptors (Lipinski definition) is 6. The van der Waals surface area contributed by atoms with Crippen molar-refractivity contribution >= 4 is 88.4 Å². The molecule has 0 aliphatic heterocycles. The summed E-state index contributed by atoms with van der Waals surface area (Å²) in [6.45, 7) is 0. The third kappa shape index (κ3) is 6.10. The van der Waals surface area contributed by atoms with Crippen LogP contribution in [-0.4, -0.2) is 94.4 Å². The van der Waals surface area contributed by atoms with E-state index in [4.69, 9.17) is 21.1 Å². The summed E-state index contributed by atoms with van der Waals surface area (Å²) in [5.74, 6) is -0.468. The third-order valence-corrected chi connectivity index (χ3v) is 3.71. The Hall–Kier alpha value is 0.0100. The van der Waals surface area contributed by atoms with Crippen molar-refractivity contribution in [1.29, 1.82) is 0 Å². The Balaban J connectivity index is 0.00000242. The van der Waals surface area contributed by atoms with Crippen molar-refractivity contribution in [3.05, 3.63) is 34.9 Å². The molecule has 0 spiro atoms. The first-order chi connectivity index (χ1) is 10.0. The summed E-state index contributed by atoms with van der Waals surface area (Å²) in [5, 5.41) is 9.69. The number of nitrogens with zero attached hydrogens (tertiary/aromatic N) is 2. The fraction of sp³-hybridized carbons (Fsp3) is 0.154. The number of carboxylic acids is 1. The Morgan fingerprint density at radius 1 is 1.17 bits per heavy atom. The Morgan fingerprint density at radius 3 is 2.22 bits per heavy atom. The number of halogens is 1. The summed E-state index contributed by atoms with van der Waals surface area (Å²) in [7, 11) is 2.94. The first kappa shape index (κ1) is 23.0. The molecule has 0 aliphatic carbocycles. The zero-order valence-electron chi connectivity index (χ0n) is 11.2. The summed E-state index contributed by atoms with van der Waals surface area (Å²) >= 11 is 6.99. The van der Waals surface area contributed by atoms with Gasteiger partial charge in [0, 0.05) is 4.90 Å². The van der Waals surface area contributed by atoms with Crippen molar-refractivity contribution in [2.24, 2.45) is 0 Å². The predicted octanol–water partition coefficient (Wildman–Crippen LogP) is 1.70. The van der Waals surface area contributed by atoms with Gasteiger partial charge < -0.3 is 14.6 Å². The van der Waals surface area contributed by atoms with Crippen molar-refractivity contribution in [1.82, 2.24) is 9.97 Å². The molecule has 1 aromatic heterocycles. The van der Waals surface area contributed by atoms with E-state index in [0.717, 1.165) is 11.8 Å². The monoisotopic (exact) mass is 374 g/mol. The van der Waals surface area contributed by atoms with Crippen molar-refractivity contribution in [3.63, 3.8) is 0 Å². The van der Waals surface area contributed by atoms with Crippen molar-refractivity contribution in [3.8, 4) is 11.8 Å². The van der Waals surface area contributed by atoms with Crippen LogP contribution in [0.2, 0.25) is 5.02 Å². The normalized spacial score (nSPS) is 9.35. The number of aromatic carboxylic acids is 1. The Morgan fingerprint density at radius 2 is 1.74 bits per heavy atom. The van der Waals surface area contributed by atoms with E-state index in [9.17, 15) is 9.90 Å². The van der Waals surface area contributed by atoms with Gasteiger partial charge >= 0.3 is 65.1 Å². The summed E-state index contributed by atoms with van der Waals surface area (Å²) in [5.41, 5.74) is 0.00885. The third-order valence-electron chi connectivity index (χ3n) is 2.47. The standard InChI is InChI=1S/C13H11ClN2O4S.2Na.2H/c1-19-9-6-10(20-2)16-13(15-9)21-8-5-3-4-7(14)11(8)12(17)18;;;;/h3-6H,1-2H3,(H,17,18);;;;. The van der Waals surface area contributed by atoms with Crippen LogP contribution in [0.4, 0.5) is 0 Å². The van der Waals surface area contributed by atoms with E-state index >= 15 is 0 Å². The number of carboxylic acid groups (broad SMARTS) is 1. The Kier molecular flexibility index (Phi) is 10.8. The van der Waals surface area contributed by atoms with Crippen LogP contribution in [0.5, 0.6) is 11.8 Å².